The molecule has 0 spiro atoms. The summed E-state index contributed by atoms with van der Waals surface area (Å²) in [5.41, 5.74) is 5.24. The molecule has 0 unspecified atom stereocenters. The van der Waals surface area contributed by atoms with E-state index in [9.17, 15) is 4.79 Å². The number of primary amides is 1. The highest BCUT2D eigenvalue weighted by molar-refractivity contribution is 5.76. The molecule has 2 heterocycles. The van der Waals surface area contributed by atoms with Gasteiger partial charge in [0.2, 0.25) is 5.91 Å². The van der Waals surface area contributed by atoms with Gasteiger partial charge in [0.25, 0.3) is 0 Å². The minimum Gasteiger partial charge on any atom is -0.369 e. The Bertz CT molecular complexity index is 375. The van der Waals surface area contributed by atoms with E-state index in [2.05, 4.69) is 20.1 Å². The van der Waals surface area contributed by atoms with Gasteiger partial charge in [0, 0.05) is 0 Å². The summed E-state index contributed by atoms with van der Waals surface area (Å²) in [6, 6.07) is 0.131. The fourth-order valence-electron chi connectivity index (χ4n) is 2.18. The van der Waals surface area contributed by atoms with E-state index >= 15 is 0 Å². The zero-order valence-electron chi connectivity index (χ0n) is 9.44. The predicted octanol–water partition coefficient (Wildman–Crippen LogP) is 0.125. The Kier molecular flexibility index (Phi) is 3.19. The molecule has 88 valence electrons. The molecule has 3 N–H and O–H groups in total. The number of nitrogens with one attached hydrogen (secondary N) is 1. The van der Waals surface area contributed by atoms with E-state index in [1.54, 1.807) is 0 Å². The van der Waals surface area contributed by atoms with Gasteiger partial charge in [-0.1, -0.05) is 6.42 Å². The average Bonchev–Trinajstić information content (AvgIpc) is 2.65. The number of carbonyl (C=O) groups is 1. The van der Waals surface area contributed by atoms with Crippen LogP contribution in [0, 0.1) is 6.92 Å². The van der Waals surface area contributed by atoms with E-state index in [-0.39, 0.29) is 18.5 Å². The van der Waals surface area contributed by atoms with Gasteiger partial charge < -0.3 is 5.73 Å². The maximum atomic E-state index is 11.0. The molecule has 1 fully saturated rings. The Morgan fingerprint density at radius 3 is 3.06 bits per heavy atom. The molecular weight excluding hydrogens is 206 g/mol. The molecule has 16 heavy (non-hydrogen) atoms. The number of amides is 1. The van der Waals surface area contributed by atoms with Crippen LogP contribution in [-0.2, 0) is 4.79 Å². The number of likely N-dealkylation sites (tertiary alicyclic amines) is 1. The van der Waals surface area contributed by atoms with E-state index in [1.165, 1.54) is 0 Å². The Labute approximate surface area is 94.2 Å². The lowest BCUT2D eigenvalue weighted by molar-refractivity contribution is -0.120. The molecule has 6 nitrogen and oxygen atoms in total. The van der Waals surface area contributed by atoms with Gasteiger partial charge in [0.05, 0.1) is 12.6 Å². The van der Waals surface area contributed by atoms with Crippen LogP contribution in [0.2, 0.25) is 0 Å². The Morgan fingerprint density at radius 2 is 2.44 bits per heavy atom. The van der Waals surface area contributed by atoms with E-state index in [0.29, 0.717) is 0 Å². The summed E-state index contributed by atoms with van der Waals surface area (Å²) >= 11 is 0. The van der Waals surface area contributed by atoms with Crippen molar-refractivity contribution in [3.8, 4) is 0 Å². The molecule has 1 saturated heterocycles. The highest BCUT2D eigenvalue weighted by Crippen LogP contribution is 2.28. The third-order valence-electron chi connectivity index (χ3n) is 2.89. The molecule has 1 atom stereocenters. The molecule has 1 amide bonds. The van der Waals surface area contributed by atoms with Gasteiger partial charge in [0.15, 0.2) is 5.82 Å². The SMILES string of the molecule is Cc1nc([C@@H]2CCCCN2CC(N)=O)n[nH]1. The van der Waals surface area contributed by atoms with Crippen LogP contribution in [0.5, 0.6) is 0 Å². The van der Waals surface area contributed by atoms with Crippen molar-refractivity contribution >= 4 is 5.91 Å². The summed E-state index contributed by atoms with van der Waals surface area (Å²) in [5.74, 6) is 1.29. The largest absolute Gasteiger partial charge is 0.369 e. The number of aromatic nitrogens is 3. The van der Waals surface area contributed by atoms with Crippen LogP contribution in [0.3, 0.4) is 0 Å². The summed E-state index contributed by atoms with van der Waals surface area (Å²) in [6.07, 6.45) is 3.24. The number of carbonyl (C=O) groups excluding carboxylic acids is 1. The lowest BCUT2D eigenvalue weighted by Crippen LogP contribution is -2.40. The first-order valence-corrected chi connectivity index (χ1v) is 5.58. The molecule has 1 aliphatic heterocycles. The number of hydrogen-bond donors (Lipinski definition) is 2. The smallest absolute Gasteiger partial charge is 0.231 e. The summed E-state index contributed by atoms with van der Waals surface area (Å²) in [5, 5.41) is 7.00. The van der Waals surface area contributed by atoms with Crippen LogP contribution in [0.4, 0.5) is 0 Å². The molecule has 0 aromatic carbocycles. The third kappa shape index (κ3) is 2.38. The summed E-state index contributed by atoms with van der Waals surface area (Å²) in [6.45, 7) is 3.05. The molecule has 1 aromatic rings. The molecule has 0 radical (unpaired) electrons. The molecule has 2 rings (SSSR count). The summed E-state index contributed by atoms with van der Waals surface area (Å²) < 4.78 is 0. The molecular formula is C10H17N5O. The minimum atomic E-state index is -0.292. The van der Waals surface area contributed by atoms with Crippen molar-refractivity contribution in [2.24, 2.45) is 5.73 Å². The molecule has 0 saturated carbocycles. The van der Waals surface area contributed by atoms with Gasteiger partial charge in [-0.2, -0.15) is 5.10 Å². The van der Waals surface area contributed by atoms with Crippen LogP contribution in [-0.4, -0.2) is 39.1 Å². The number of H-pyrrole nitrogens is 1. The summed E-state index contributed by atoms with van der Waals surface area (Å²) in [4.78, 5) is 17.4. The highest BCUT2D eigenvalue weighted by atomic mass is 16.1. The number of hydrogen-bond acceptors (Lipinski definition) is 4. The van der Waals surface area contributed by atoms with Crippen LogP contribution in [0.15, 0.2) is 0 Å². The predicted molar refractivity (Wildman–Crippen MR) is 58.5 cm³/mol. The second-order valence-corrected chi connectivity index (χ2v) is 4.23. The van der Waals surface area contributed by atoms with Crippen molar-refractivity contribution in [1.82, 2.24) is 20.1 Å². The monoisotopic (exact) mass is 223 g/mol. The quantitative estimate of drug-likeness (QED) is 0.762. The van der Waals surface area contributed by atoms with Gasteiger partial charge >= 0.3 is 0 Å². The average molecular weight is 223 g/mol. The second-order valence-electron chi connectivity index (χ2n) is 4.23. The van der Waals surface area contributed by atoms with Gasteiger partial charge in [-0.25, -0.2) is 4.98 Å². The molecule has 1 aliphatic rings. The summed E-state index contributed by atoms with van der Waals surface area (Å²) in [7, 11) is 0. The Balaban J connectivity index is 2.12. The molecule has 6 heteroatoms. The number of rotatable bonds is 3. The number of piperidine rings is 1. The fourth-order valence-corrected chi connectivity index (χ4v) is 2.18. The van der Waals surface area contributed by atoms with Crippen LogP contribution >= 0.6 is 0 Å². The zero-order valence-corrected chi connectivity index (χ0v) is 9.44. The standard InChI is InChI=1S/C10H17N5O/c1-7-12-10(14-13-7)8-4-2-3-5-15(8)6-9(11)16/h8H,2-6H2,1H3,(H2,11,16)(H,12,13,14)/t8-/m0/s1. The maximum Gasteiger partial charge on any atom is 0.231 e. The van der Waals surface area contributed by atoms with Crippen molar-refractivity contribution in [1.29, 1.82) is 0 Å². The lowest BCUT2D eigenvalue weighted by atomic mass is 10.0. The van der Waals surface area contributed by atoms with Gasteiger partial charge in [0.1, 0.15) is 5.82 Å². The molecule has 1 aromatic heterocycles. The van der Waals surface area contributed by atoms with E-state index in [4.69, 9.17) is 5.73 Å². The number of aryl methyl sites for hydroxylation is 1. The van der Waals surface area contributed by atoms with Gasteiger partial charge in [-0.15, -0.1) is 0 Å². The fraction of sp³-hybridized carbons (Fsp3) is 0.700. The Hall–Kier alpha value is -1.43. The van der Waals surface area contributed by atoms with Crippen molar-refractivity contribution in [2.75, 3.05) is 13.1 Å². The van der Waals surface area contributed by atoms with Crippen LogP contribution < -0.4 is 5.73 Å². The lowest BCUT2D eigenvalue weighted by Gasteiger charge is -2.32. The van der Waals surface area contributed by atoms with Crippen molar-refractivity contribution < 1.29 is 4.79 Å². The van der Waals surface area contributed by atoms with Crippen molar-refractivity contribution in [2.45, 2.75) is 32.2 Å². The van der Waals surface area contributed by atoms with Crippen molar-refractivity contribution in [3.05, 3.63) is 11.6 Å². The zero-order chi connectivity index (χ0) is 11.5. The van der Waals surface area contributed by atoms with Gasteiger partial charge in [-0.3, -0.25) is 14.8 Å². The minimum absolute atomic E-state index is 0.131. The number of nitrogens with zero attached hydrogens (tertiary/aromatic N) is 3. The number of nitrogens with two attached hydrogens (primary N) is 1. The topological polar surface area (TPSA) is 87.9 Å². The Morgan fingerprint density at radius 1 is 1.62 bits per heavy atom. The van der Waals surface area contributed by atoms with E-state index in [1.807, 2.05) is 6.92 Å². The van der Waals surface area contributed by atoms with Gasteiger partial charge in [-0.05, 0) is 26.3 Å². The first-order chi connectivity index (χ1) is 7.66. The first-order valence-electron chi connectivity index (χ1n) is 5.58. The normalized spacial score (nSPS) is 22.2. The second kappa shape index (κ2) is 4.61. The van der Waals surface area contributed by atoms with Crippen LogP contribution in [0.1, 0.15) is 37.0 Å². The van der Waals surface area contributed by atoms with E-state index in [0.717, 1.165) is 37.5 Å². The third-order valence-corrected chi connectivity index (χ3v) is 2.89. The number of aromatic amines is 1. The molecule has 0 aliphatic carbocycles. The van der Waals surface area contributed by atoms with Crippen LogP contribution in [0.25, 0.3) is 0 Å². The maximum absolute atomic E-state index is 11.0. The van der Waals surface area contributed by atoms with Crippen molar-refractivity contribution in [3.63, 3.8) is 0 Å². The first kappa shape index (κ1) is 11.1. The van der Waals surface area contributed by atoms with E-state index < -0.39 is 0 Å². The highest BCUT2D eigenvalue weighted by Gasteiger charge is 2.27. The molecule has 0 bridgehead atoms.